The van der Waals surface area contributed by atoms with Gasteiger partial charge in [0.25, 0.3) is 0 Å². The highest BCUT2D eigenvalue weighted by molar-refractivity contribution is 5.93. The lowest BCUT2D eigenvalue weighted by Gasteiger charge is -2.19. The fourth-order valence-electron chi connectivity index (χ4n) is 4.44. The molecule has 0 aromatic carbocycles. The van der Waals surface area contributed by atoms with E-state index in [2.05, 4.69) is 33.3 Å². The SMILES string of the molecule is Cc1c(C)n(C2CCCC2)c2ncnc(N3CCC(C(N)=O)C3)c12. The van der Waals surface area contributed by atoms with Crippen LogP contribution >= 0.6 is 0 Å². The summed E-state index contributed by atoms with van der Waals surface area (Å²) in [5.41, 5.74) is 9.09. The number of carbonyl (C=O) groups excluding carboxylic acids is 1. The molecule has 2 N–H and O–H groups in total. The molecule has 2 aromatic heterocycles. The molecule has 6 heteroatoms. The van der Waals surface area contributed by atoms with Crippen LogP contribution in [0.25, 0.3) is 11.0 Å². The normalized spacial score (nSPS) is 21.9. The number of aryl methyl sites for hydroxylation is 1. The summed E-state index contributed by atoms with van der Waals surface area (Å²) in [5.74, 6) is 0.675. The molecule has 1 amide bonds. The van der Waals surface area contributed by atoms with E-state index < -0.39 is 0 Å². The van der Waals surface area contributed by atoms with Crippen LogP contribution in [0, 0.1) is 19.8 Å². The smallest absolute Gasteiger partial charge is 0.222 e. The van der Waals surface area contributed by atoms with Gasteiger partial charge < -0.3 is 15.2 Å². The second-order valence-electron chi connectivity index (χ2n) is 7.25. The number of carbonyl (C=O) groups is 1. The molecule has 1 unspecified atom stereocenters. The Hall–Kier alpha value is -2.11. The van der Waals surface area contributed by atoms with Gasteiger partial charge in [0.1, 0.15) is 17.8 Å². The van der Waals surface area contributed by atoms with Gasteiger partial charge in [-0.05, 0) is 38.7 Å². The van der Waals surface area contributed by atoms with Crippen LogP contribution in [-0.2, 0) is 4.79 Å². The Morgan fingerprint density at radius 2 is 1.96 bits per heavy atom. The summed E-state index contributed by atoms with van der Waals surface area (Å²) in [5, 5.41) is 1.15. The monoisotopic (exact) mass is 327 g/mol. The third-order valence-electron chi connectivity index (χ3n) is 5.89. The van der Waals surface area contributed by atoms with Gasteiger partial charge in [0, 0.05) is 24.8 Å². The maximum atomic E-state index is 11.5. The zero-order chi connectivity index (χ0) is 16.8. The number of aromatic nitrogens is 3. The predicted octanol–water partition coefficient (Wildman–Crippen LogP) is 2.47. The number of hydrogen-bond acceptors (Lipinski definition) is 4. The van der Waals surface area contributed by atoms with Crippen molar-refractivity contribution in [1.82, 2.24) is 14.5 Å². The van der Waals surface area contributed by atoms with E-state index in [0.717, 1.165) is 29.8 Å². The molecule has 1 aliphatic heterocycles. The van der Waals surface area contributed by atoms with Crippen LogP contribution in [0.15, 0.2) is 6.33 Å². The summed E-state index contributed by atoms with van der Waals surface area (Å²) in [7, 11) is 0. The van der Waals surface area contributed by atoms with Gasteiger partial charge in [0.05, 0.1) is 11.3 Å². The molecule has 6 nitrogen and oxygen atoms in total. The van der Waals surface area contributed by atoms with Crippen molar-refractivity contribution in [2.24, 2.45) is 11.7 Å². The molecule has 3 heterocycles. The van der Waals surface area contributed by atoms with Crippen LogP contribution in [0.3, 0.4) is 0 Å². The zero-order valence-corrected chi connectivity index (χ0v) is 14.5. The number of fused-ring (bicyclic) bond motifs is 1. The van der Waals surface area contributed by atoms with Crippen LogP contribution in [0.1, 0.15) is 49.4 Å². The molecule has 0 radical (unpaired) electrons. The van der Waals surface area contributed by atoms with E-state index in [9.17, 15) is 4.79 Å². The van der Waals surface area contributed by atoms with Gasteiger partial charge in [-0.3, -0.25) is 4.79 Å². The van der Waals surface area contributed by atoms with E-state index in [1.165, 1.54) is 36.9 Å². The van der Waals surface area contributed by atoms with E-state index in [-0.39, 0.29) is 11.8 Å². The number of primary amides is 1. The van der Waals surface area contributed by atoms with Gasteiger partial charge >= 0.3 is 0 Å². The molecule has 2 aliphatic rings. The van der Waals surface area contributed by atoms with Crippen molar-refractivity contribution in [3.05, 3.63) is 17.6 Å². The molecule has 24 heavy (non-hydrogen) atoms. The lowest BCUT2D eigenvalue weighted by atomic mass is 10.1. The van der Waals surface area contributed by atoms with E-state index in [4.69, 9.17) is 5.73 Å². The minimum Gasteiger partial charge on any atom is -0.369 e. The van der Waals surface area contributed by atoms with E-state index >= 15 is 0 Å². The first-order chi connectivity index (χ1) is 11.6. The molecule has 2 aromatic rings. The lowest BCUT2D eigenvalue weighted by Crippen LogP contribution is -2.27. The Balaban J connectivity index is 1.81. The molecule has 2 fully saturated rings. The molecular weight excluding hydrogens is 302 g/mol. The molecule has 1 saturated carbocycles. The summed E-state index contributed by atoms with van der Waals surface area (Å²) >= 11 is 0. The Morgan fingerprint density at radius 3 is 2.62 bits per heavy atom. The van der Waals surface area contributed by atoms with Crippen LogP contribution in [0.4, 0.5) is 5.82 Å². The average Bonchev–Trinajstić information content (AvgIpc) is 3.29. The highest BCUT2D eigenvalue weighted by Crippen LogP contribution is 2.39. The first kappa shape index (κ1) is 15.4. The number of anilines is 1. The Morgan fingerprint density at radius 1 is 1.21 bits per heavy atom. The molecular formula is C18H25N5O. The predicted molar refractivity (Wildman–Crippen MR) is 94.0 cm³/mol. The maximum Gasteiger partial charge on any atom is 0.222 e. The van der Waals surface area contributed by atoms with E-state index in [1.54, 1.807) is 6.33 Å². The van der Waals surface area contributed by atoms with Crippen molar-refractivity contribution < 1.29 is 4.79 Å². The topological polar surface area (TPSA) is 77.0 Å². The Labute approximate surface area is 142 Å². The number of rotatable bonds is 3. The molecule has 1 atom stereocenters. The van der Waals surface area contributed by atoms with Gasteiger partial charge in [-0.2, -0.15) is 0 Å². The van der Waals surface area contributed by atoms with Gasteiger partial charge in [0.15, 0.2) is 0 Å². The Bertz CT molecular complexity index is 790. The van der Waals surface area contributed by atoms with Crippen LogP contribution in [-0.4, -0.2) is 33.5 Å². The molecule has 128 valence electrons. The van der Waals surface area contributed by atoms with Crippen molar-refractivity contribution in [1.29, 1.82) is 0 Å². The molecule has 4 rings (SSSR count). The third-order valence-corrected chi connectivity index (χ3v) is 5.89. The third kappa shape index (κ3) is 2.27. The Kier molecular flexibility index (Phi) is 3.70. The first-order valence-corrected chi connectivity index (χ1v) is 8.94. The number of nitrogens with two attached hydrogens (primary N) is 1. The summed E-state index contributed by atoms with van der Waals surface area (Å²) in [6.45, 7) is 5.84. The fourth-order valence-corrected chi connectivity index (χ4v) is 4.44. The second kappa shape index (κ2) is 5.76. The second-order valence-corrected chi connectivity index (χ2v) is 7.25. The number of nitrogens with zero attached hydrogens (tertiary/aromatic N) is 4. The van der Waals surface area contributed by atoms with Gasteiger partial charge in [-0.25, -0.2) is 9.97 Å². The van der Waals surface area contributed by atoms with Gasteiger partial charge in [-0.1, -0.05) is 12.8 Å². The summed E-state index contributed by atoms with van der Waals surface area (Å²) in [6, 6.07) is 0.556. The molecule has 0 spiro atoms. The van der Waals surface area contributed by atoms with Crippen LogP contribution in [0.5, 0.6) is 0 Å². The average molecular weight is 327 g/mol. The summed E-state index contributed by atoms with van der Waals surface area (Å²) in [4.78, 5) is 22.9. The number of amides is 1. The van der Waals surface area contributed by atoms with Crippen molar-refractivity contribution in [3.8, 4) is 0 Å². The van der Waals surface area contributed by atoms with Crippen LogP contribution in [0.2, 0.25) is 0 Å². The maximum absolute atomic E-state index is 11.5. The zero-order valence-electron chi connectivity index (χ0n) is 14.5. The molecule has 0 bridgehead atoms. The van der Waals surface area contributed by atoms with Crippen LogP contribution < -0.4 is 10.6 Å². The van der Waals surface area contributed by atoms with E-state index in [1.807, 2.05) is 0 Å². The minimum atomic E-state index is -0.209. The molecule has 1 saturated heterocycles. The molecule has 1 aliphatic carbocycles. The quantitative estimate of drug-likeness (QED) is 0.939. The highest BCUT2D eigenvalue weighted by Gasteiger charge is 2.31. The van der Waals surface area contributed by atoms with E-state index in [0.29, 0.717) is 12.6 Å². The largest absolute Gasteiger partial charge is 0.369 e. The van der Waals surface area contributed by atoms with Crippen molar-refractivity contribution in [3.63, 3.8) is 0 Å². The van der Waals surface area contributed by atoms with Crippen molar-refractivity contribution in [2.45, 2.75) is 52.0 Å². The standard InChI is InChI=1S/C18H25N5O/c1-11-12(2)23(14-5-3-4-6-14)18-15(11)17(20-10-21-18)22-8-7-13(9-22)16(19)24/h10,13-14H,3-9H2,1-2H3,(H2,19,24). The van der Waals surface area contributed by atoms with Crippen molar-refractivity contribution >= 4 is 22.8 Å². The van der Waals surface area contributed by atoms with Gasteiger partial charge in [-0.15, -0.1) is 0 Å². The van der Waals surface area contributed by atoms with Gasteiger partial charge in [0.2, 0.25) is 5.91 Å². The first-order valence-electron chi connectivity index (χ1n) is 8.94. The fraction of sp³-hybridized carbons (Fsp3) is 0.611. The lowest BCUT2D eigenvalue weighted by molar-refractivity contribution is -0.121. The minimum absolute atomic E-state index is 0.0756. The summed E-state index contributed by atoms with van der Waals surface area (Å²) < 4.78 is 2.42. The van der Waals surface area contributed by atoms with Crippen molar-refractivity contribution in [2.75, 3.05) is 18.0 Å². The number of hydrogen-bond donors (Lipinski definition) is 1. The summed E-state index contributed by atoms with van der Waals surface area (Å²) in [6.07, 6.45) is 7.54. The highest BCUT2D eigenvalue weighted by atomic mass is 16.1.